The average molecular weight is 250 g/mol. The first kappa shape index (κ1) is 13.1. The Balaban J connectivity index is 2.05. The Labute approximate surface area is 107 Å². The minimum absolute atomic E-state index is 0.261. The minimum atomic E-state index is -0.600. The lowest BCUT2D eigenvalue weighted by atomic mass is 10.1. The molecule has 0 aliphatic carbocycles. The first-order chi connectivity index (χ1) is 8.74. The molecule has 1 aromatic rings. The first-order valence-electron chi connectivity index (χ1n) is 5.94. The summed E-state index contributed by atoms with van der Waals surface area (Å²) in [5, 5.41) is 9.73. The summed E-state index contributed by atoms with van der Waals surface area (Å²) in [5.41, 5.74) is 0.914. The molecule has 0 radical (unpaired) electrons. The van der Waals surface area contributed by atoms with E-state index in [0.717, 1.165) is 11.3 Å². The molecule has 4 nitrogen and oxygen atoms in total. The van der Waals surface area contributed by atoms with Gasteiger partial charge in [-0.05, 0) is 18.6 Å². The van der Waals surface area contributed by atoms with Gasteiger partial charge in [-0.15, -0.1) is 6.58 Å². The summed E-state index contributed by atoms with van der Waals surface area (Å²) >= 11 is 0. The molecule has 1 N–H and O–H groups in total. The van der Waals surface area contributed by atoms with Gasteiger partial charge in [0.2, 0.25) is 0 Å². The Kier molecular flexibility index (Phi) is 4.36. The fraction of sp³-hybridized carbons (Fsp3) is 0.429. The molecule has 1 saturated heterocycles. The second-order valence-electron chi connectivity index (χ2n) is 4.20. The van der Waals surface area contributed by atoms with Gasteiger partial charge in [0.05, 0.1) is 19.8 Å². The summed E-state index contributed by atoms with van der Waals surface area (Å²) in [6.07, 6.45) is 1.05. The predicted octanol–water partition coefficient (Wildman–Crippen LogP) is 2.05. The third kappa shape index (κ3) is 2.90. The normalized spacial score (nSPS) is 27.8. The number of methoxy groups -OCH3 is 1. The predicted molar refractivity (Wildman–Crippen MR) is 67.4 cm³/mol. The van der Waals surface area contributed by atoms with Crippen LogP contribution in [0, 0.1) is 0 Å². The molecule has 1 aliphatic heterocycles. The fourth-order valence-electron chi connectivity index (χ4n) is 1.89. The summed E-state index contributed by atoms with van der Waals surface area (Å²) in [6, 6.07) is 7.50. The molecular formula is C14H18O4. The van der Waals surface area contributed by atoms with Crippen molar-refractivity contribution >= 4 is 0 Å². The van der Waals surface area contributed by atoms with E-state index in [0.29, 0.717) is 6.42 Å². The summed E-state index contributed by atoms with van der Waals surface area (Å²) in [7, 11) is 1.62. The second kappa shape index (κ2) is 6.00. The maximum atomic E-state index is 9.73. The number of aliphatic hydroxyl groups excluding tert-OH is 1. The van der Waals surface area contributed by atoms with Crippen LogP contribution in [0.25, 0.3) is 0 Å². The van der Waals surface area contributed by atoms with Crippen molar-refractivity contribution in [1.82, 2.24) is 0 Å². The lowest BCUT2D eigenvalue weighted by Gasteiger charge is -2.33. The van der Waals surface area contributed by atoms with Crippen LogP contribution in [0.1, 0.15) is 18.3 Å². The number of benzene rings is 1. The van der Waals surface area contributed by atoms with E-state index >= 15 is 0 Å². The summed E-state index contributed by atoms with van der Waals surface area (Å²) < 4.78 is 16.3. The standard InChI is InChI=1S/C14H18O4/c1-3-4-13-12(15)9-17-14(18-13)10-5-7-11(16-2)8-6-10/h3,5-8,12-15H,1,4,9H2,2H3. The molecule has 4 heteroatoms. The number of hydrogen-bond acceptors (Lipinski definition) is 4. The number of aliphatic hydroxyl groups is 1. The van der Waals surface area contributed by atoms with Crippen LogP contribution in [-0.2, 0) is 9.47 Å². The van der Waals surface area contributed by atoms with Gasteiger partial charge in [-0.25, -0.2) is 0 Å². The van der Waals surface area contributed by atoms with Crippen LogP contribution in [0.15, 0.2) is 36.9 Å². The summed E-state index contributed by atoms with van der Waals surface area (Å²) in [6.45, 7) is 3.93. The molecule has 3 unspecified atom stereocenters. The Morgan fingerprint density at radius 1 is 1.44 bits per heavy atom. The van der Waals surface area contributed by atoms with Crippen LogP contribution >= 0.6 is 0 Å². The number of ether oxygens (including phenoxy) is 3. The molecule has 0 spiro atoms. The molecule has 0 bridgehead atoms. The lowest BCUT2D eigenvalue weighted by Crippen LogP contribution is -2.40. The van der Waals surface area contributed by atoms with Crippen molar-refractivity contribution in [3.63, 3.8) is 0 Å². The molecule has 2 rings (SSSR count). The van der Waals surface area contributed by atoms with E-state index in [1.807, 2.05) is 24.3 Å². The van der Waals surface area contributed by atoms with Crippen molar-refractivity contribution in [3.8, 4) is 5.75 Å². The third-order valence-electron chi connectivity index (χ3n) is 2.93. The van der Waals surface area contributed by atoms with Crippen LogP contribution in [0.3, 0.4) is 0 Å². The molecule has 0 amide bonds. The average Bonchev–Trinajstić information content (AvgIpc) is 2.42. The van der Waals surface area contributed by atoms with Gasteiger partial charge in [-0.3, -0.25) is 0 Å². The molecule has 18 heavy (non-hydrogen) atoms. The van der Waals surface area contributed by atoms with Gasteiger partial charge >= 0.3 is 0 Å². The topological polar surface area (TPSA) is 47.9 Å². The maximum absolute atomic E-state index is 9.73. The molecule has 1 heterocycles. The van der Waals surface area contributed by atoms with Crippen molar-refractivity contribution < 1.29 is 19.3 Å². The van der Waals surface area contributed by atoms with Crippen molar-refractivity contribution in [1.29, 1.82) is 0 Å². The van der Waals surface area contributed by atoms with Gasteiger partial charge in [0, 0.05) is 5.56 Å². The van der Waals surface area contributed by atoms with Crippen molar-refractivity contribution in [2.24, 2.45) is 0 Å². The van der Waals surface area contributed by atoms with Crippen molar-refractivity contribution in [3.05, 3.63) is 42.5 Å². The Bertz CT molecular complexity index is 387. The van der Waals surface area contributed by atoms with Crippen LogP contribution in [0.4, 0.5) is 0 Å². The zero-order chi connectivity index (χ0) is 13.0. The van der Waals surface area contributed by atoms with E-state index in [1.165, 1.54) is 0 Å². The van der Waals surface area contributed by atoms with Gasteiger partial charge in [0.25, 0.3) is 0 Å². The SMILES string of the molecule is C=CCC1OC(c2ccc(OC)cc2)OCC1O. The van der Waals surface area contributed by atoms with Gasteiger partial charge in [-0.2, -0.15) is 0 Å². The van der Waals surface area contributed by atoms with Crippen LogP contribution < -0.4 is 4.74 Å². The molecule has 1 aliphatic rings. The van der Waals surface area contributed by atoms with Gasteiger partial charge < -0.3 is 19.3 Å². The van der Waals surface area contributed by atoms with Crippen LogP contribution in [0.2, 0.25) is 0 Å². The van der Waals surface area contributed by atoms with E-state index < -0.39 is 12.4 Å². The van der Waals surface area contributed by atoms with E-state index in [4.69, 9.17) is 14.2 Å². The molecule has 3 atom stereocenters. The number of rotatable bonds is 4. The molecular weight excluding hydrogens is 232 g/mol. The molecule has 0 aromatic heterocycles. The van der Waals surface area contributed by atoms with Gasteiger partial charge in [-0.1, -0.05) is 18.2 Å². The third-order valence-corrected chi connectivity index (χ3v) is 2.93. The van der Waals surface area contributed by atoms with Crippen LogP contribution in [0.5, 0.6) is 5.75 Å². The highest BCUT2D eigenvalue weighted by Crippen LogP contribution is 2.28. The molecule has 0 saturated carbocycles. The Morgan fingerprint density at radius 2 is 2.17 bits per heavy atom. The monoisotopic (exact) mass is 250 g/mol. The summed E-state index contributed by atoms with van der Waals surface area (Å²) in [5.74, 6) is 0.789. The minimum Gasteiger partial charge on any atom is -0.497 e. The smallest absolute Gasteiger partial charge is 0.184 e. The van der Waals surface area contributed by atoms with E-state index in [-0.39, 0.29) is 12.7 Å². The Hall–Kier alpha value is -1.36. The highest BCUT2D eigenvalue weighted by Gasteiger charge is 2.30. The lowest BCUT2D eigenvalue weighted by molar-refractivity contribution is -0.255. The van der Waals surface area contributed by atoms with Gasteiger partial charge in [0.1, 0.15) is 11.9 Å². The van der Waals surface area contributed by atoms with Crippen molar-refractivity contribution in [2.75, 3.05) is 13.7 Å². The Morgan fingerprint density at radius 3 is 2.78 bits per heavy atom. The zero-order valence-electron chi connectivity index (χ0n) is 10.4. The summed E-state index contributed by atoms with van der Waals surface area (Å²) in [4.78, 5) is 0. The second-order valence-corrected chi connectivity index (χ2v) is 4.20. The van der Waals surface area contributed by atoms with E-state index in [1.54, 1.807) is 13.2 Å². The van der Waals surface area contributed by atoms with Crippen LogP contribution in [-0.4, -0.2) is 31.0 Å². The quantitative estimate of drug-likeness (QED) is 0.831. The molecule has 98 valence electrons. The molecule has 1 fully saturated rings. The van der Waals surface area contributed by atoms with E-state index in [9.17, 15) is 5.11 Å². The van der Waals surface area contributed by atoms with E-state index in [2.05, 4.69) is 6.58 Å². The largest absolute Gasteiger partial charge is 0.497 e. The zero-order valence-corrected chi connectivity index (χ0v) is 10.4. The first-order valence-corrected chi connectivity index (χ1v) is 5.94. The highest BCUT2D eigenvalue weighted by molar-refractivity contribution is 5.28. The van der Waals surface area contributed by atoms with Crippen molar-refractivity contribution in [2.45, 2.75) is 24.9 Å². The number of hydrogen-bond donors (Lipinski definition) is 1. The fourth-order valence-corrected chi connectivity index (χ4v) is 1.89. The molecule has 1 aromatic carbocycles. The van der Waals surface area contributed by atoms with Gasteiger partial charge in [0.15, 0.2) is 6.29 Å². The maximum Gasteiger partial charge on any atom is 0.184 e. The highest BCUT2D eigenvalue weighted by atomic mass is 16.7.